The first-order chi connectivity index (χ1) is 17.1. The zero-order valence-corrected chi connectivity index (χ0v) is 21.2. The van der Waals surface area contributed by atoms with E-state index in [0.717, 1.165) is 11.1 Å². The molecule has 0 saturated carbocycles. The Kier molecular flexibility index (Phi) is 8.87. The predicted molar refractivity (Wildman–Crippen MR) is 138 cm³/mol. The van der Waals surface area contributed by atoms with Crippen molar-refractivity contribution >= 4 is 23.5 Å². The van der Waals surface area contributed by atoms with Crippen LogP contribution in [0, 0.1) is 11.3 Å². The van der Waals surface area contributed by atoms with Gasteiger partial charge in [0.2, 0.25) is 0 Å². The van der Waals surface area contributed by atoms with Gasteiger partial charge in [-0.05, 0) is 68.1 Å². The molecular weight excluding hydrogens is 476 g/mol. The van der Waals surface area contributed by atoms with Crippen molar-refractivity contribution in [3.8, 4) is 6.07 Å². The van der Waals surface area contributed by atoms with Crippen LogP contribution in [0.3, 0.4) is 0 Å². The molecule has 2 unspecified atom stereocenters. The van der Waals surface area contributed by atoms with Crippen molar-refractivity contribution in [3.63, 3.8) is 0 Å². The van der Waals surface area contributed by atoms with Crippen molar-refractivity contribution < 1.29 is 19.4 Å². The van der Waals surface area contributed by atoms with E-state index >= 15 is 0 Å². The predicted octanol–water partition coefficient (Wildman–Crippen LogP) is 5.10. The number of benzene rings is 3. The standard InChI is InChI=1S/C29H29ClN2O4/c1-19(32-28(35)29(2,3)36-27(34)26(33)22-9-5-4-6-10-22)25(17-20-12-14-24(30)15-13-20)23-11-7-8-21(16-23)18-31/h4-16,19,25-26,33H,17H2,1-3H3,(H,32,35)/t19?,25?,26-/m0/s1. The number of hydrogen-bond acceptors (Lipinski definition) is 5. The van der Waals surface area contributed by atoms with Gasteiger partial charge in [-0.3, -0.25) is 4.79 Å². The largest absolute Gasteiger partial charge is 0.447 e. The Balaban J connectivity index is 1.77. The minimum absolute atomic E-state index is 0.176. The number of esters is 1. The molecule has 0 aliphatic heterocycles. The number of aliphatic hydroxyl groups is 1. The zero-order chi connectivity index (χ0) is 26.3. The number of nitrogens with one attached hydrogen (secondary N) is 1. The van der Waals surface area contributed by atoms with E-state index in [-0.39, 0.29) is 12.0 Å². The second kappa shape index (κ2) is 11.9. The Morgan fingerprint density at radius 2 is 1.67 bits per heavy atom. The van der Waals surface area contributed by atoms with Gasteiger partial charge in [-0.15, -0.1) is 0 Å². The molecule has 0 radical (unpaired) electrons. The van der Waals surface area contributed by atoms with Crippen LogP contribution in [0.25, 0.3) is 0 Å². The highest BCUT2D eigenvalue weighted by atomic mass is 35.5. The molecule has 36 heavy (non-hydrogen) atoms. The first-order valence-corrected chi connectivity index (χ1v) is 12.0. The molecule has 0 spiro atoms. The summed E-state index contributed by atoms with van der Waals surface area (Å²) in [6.07, 6.45) is -0.914. The van der Waals surface area contributed by atoms with Gasteiger partial charge in [0.05, 0.1) is 11.6 Å². The third-order valence-corrected chi connectivity index (χ3v) is 6.27. The van der Waals surface area contributed by atoms with Crippen LogP contribution in [-0.4, -0.2) is 28.6 Å². The number of amides is 1. The van der Waals surface area contributed by atoms with Crippen molar-refractivity contribution in [2.75, 3.05) is 0 Å². The molecule has 0 aliphatic carbocycles. The van der Waals surface area contributed by atoms with Gasteiger partial charge in [-0.1, -0.05) is 66.2 Å². The van der Waals surface area contributed by atoms with Gasteiger partial charge >= 0.3 is 5.97 Å². The molecule has 1 amide bonds. The smallest absolute Gasteiger partial charge is 0.340 e. The number of nitrogens with zero attached hydrogens (tertiary/aromatic N) is 1. The van der Waals surface area contributed by atoms with Crippen molar-refractivity contribution in [2.45, 2.75) is 50.9 Å². The molecule has 3 aromatic rings. The minimum Gasteiger partial charge on any atom is -0.447 e. The Bertz CT molecular complexity index is 1240. The molecule has 0 bridgehead atoms. The van der Waals surface area contributed by atoms with E-state index in [1.165, 1.54) is 13.8 Å². The van der Waals surface area contributed by atoms with Crippen LogP contribution in [-0.2, 0) is 20.7 Å². The monoisotopic (exact) mass is 504 g/mol. The van der Waals surface area contributed by atoms with Crippen molar-refractivity contribution in [1.29, 1.82) is 5.26 Å². The van der Waals surface area contributed by atoms with Crippen LogP contribution in [0.5, 0.6) is 0 Å². The summed E-state index contributed by atoms with van der Waals surface area (Å²) in [5, 5.41) is 23.3. The van der Waals surface area contributed by atoms with Gasteiger partial charge in [-0.25, -0.2) is 4.79 Å². The number of carbonyl (C=O) groups excluding carboxylic acids is 2. The van der Waals surface area contributed by atoms with E-state index in [4.69, 9.17) is 16.3 Å². The van der Waals surface area contributed by atoms with Crippen molar-refractivity contribution in [3.05, 3.63) is 106 Å². The lowest BCUT2D eigenvalue weighted by Gasteiger charge is -2.31. The summed E-state index contributed by atoms with van der Waals surface area (Å²) in [7, 11) is 0. The molecular formula is C29H29ClN2O4. The lowest BCUT2D eigenvalue weighted by molar-refractivity contribution is -0.173. The average molecular weight is 505 g/mol. The maximum Gasteiger partial charge on any atom is 0.340 e. The topological polar surface area (TPSA) is 99.4 Å². The van der Waals surface area contributed by atoms with Crippen LogP contribution in [0.4, 0.5) is 0 Å². The van der Waals surface area contributed by atoms with E-state index in [9.17, 15) is 20.0 Å². The number of rotatable bonds is 9. The Labute approximate surface area is 216 Å². The second-order valence-electron chi connectivity index (χ2n) is 9.18. The summed E-state index contributed by atoms with van der Waals surface area (Å²) < 4.78 is 5.41. The molecule has 7 heteroatoms. The summed E-state index contributed by atoms with van der Waals surface area (Å²) in [4.78, 5) is 25.7. The van der Waals surface area contributed by atoms with E-state index in [1.54, 1.807) is 36.4 Å². The maximum absolute atomic E-state index is 13.2. The fourth-order valence-corrected chi connectivity index (χ4v) is 4.03. The quantitative estimate of drug-likeness (QED) is 0.395. The Morgan fingerprint density at radius 3 is 2.31 bits per heavy atom. The van der Waals surface area contributed by atoms with Gasteiger partial charge in [0.25, 0.3) is 5.91 Å². The number of aliphatic hydroxyl groups excluding tert-OH is 1. The molecule has 3 rings (SSSR count). The number of ether oxygens (including phenoxy) is 1. The third-order valence-electron chi connectivity index (χ3n) is 6.02. The molecule has 0 fully saturated rings. The molecule has 3 aromatic carbocycles. The highest BCUT2D eigenvalue weighted by Gasteiger charge is 2.36. The van der Waals surface area contributed by atoms with Gasteiger partial charge < -0.3 is 15.2 Å². The molecule has 186 valence electrons. The first kappa shape index (κ1) is 26.9. The summed E-state index contributed by atoms with van der Waals surface area (Å²) in [6.45, 7) is 4.83. The number of hydrogen-bond donors (Lipinski definition) is 2. The van der Waals surface area contributed by atoms with E-state index in [2.05, 4.69) is 11.4 Å². The molecule has 2 N–H and O–H groups in total. The van der Waals surface area contributed by atoms with E-state index < -0.39 is 23.6 Å². The zero-order valence-electron chi connectivity index (χ0n) is 20.4. The highest BCUT2D eigenvalue weighted by Crippen LogP contribution is 2.27. The van der Waals surface area contributed by atoms with Gasteiger partial charge in [0, 0.05) is 17.0 Å². The van der Waals surface area contributed by atoms with Crippen LogP contribution >= 0.6 is 11.6 Å². The van der Waals surface area contributed by atoms with Gasteiger partial charge in [0.15, 0.2) is 11.7 Å². The van der Waals surface area contributed by atoms with Crippen molar-refractivity contribution in [2.24, 2.45) is 0 Å². The third kappa shape index (κ3) is 6.94. The minimum atomic E-state index is -1.53. The second-order valence-corrected chi connectivity index (χ2v) is 9.62. The van der Waals surface area contributed by atoms with Crippen LogP contribution in [0.1, 0.15) is 55.0 Å². The molecule has 0 heterocycles. The molecule has 0 aromatic heterocycles. The fourth-order valence-electron chi connectivity index (χ4n) is 3.90. The van der Waals surface area contributed by atoms with E-state index in [0.29, 0.717) is 22.6 Å². The maximum atomic E-state index is 13.2. The molecule has 0 saturated heterocycles. The Morgan fingerprint density at radius 1 is 1.03 bits per heavy atom. The van der Waals surface area contributed by atoms with Crippen LogP contribution in [0.2, 0.25) is 5.02 Å². The normalized spacial score (nSPS) is 13.7. The van der Waals surface area contributed by atoms with Crippen LogP contribution < -0.4 is 5.32 Å². The summed E-state index contributed by atoms with van der Waals surface area (Å²) >= 11 is 6.04. The molecule has 3 atom stereocenters. The van der Waals surface area contributed by atoms with Crippen LogP contribution in [0.15, 0.2) is 78.9 Å². The first-order valence-electron chi connectivity index (χ1n) is 11.6. The SMILES string of the molecule is CC(NC(=O)C(C)(C)OC(=O)[C@@H](O)c1ccccc1)C(Cc1ccc(Cl)cc1)c1cccc(C#N)c1. The lowest BCUT2D eigenvalue weighted by Crippen LogP contribution is -2.50. The summed E-state index contributed by atoms with van der Waals surface area (Å²) in [6, 6.07) is 24.9. The fraction of sp³-hybridized carbons (Fsp3) is 0.276. The van der Waals surface area contributed by atoms with Gasteiger partial charge in [0.1, 0.15) is 0 Å². The number of halogens is 1. The lowest BCUT2D eigenvalue weighted by atomic mass is 9.85. The summed E-state index contributed by atoms with van der Waals surface area (Å²) in [5.41, 5.74) is 1.29. The van der Waals surface area contributed by atoms with Gasteiger partial charge in [-0.2, -0.15) is 5.26 Å². The van der Waals surface area contributed by atoms with Crippen molar-refractivity contribution in [1.82, 2.24) is 5.32 Å². The highest BCUT2D eigenvalue weighted by molar-refractivity contribution is 6.30. The average Bonchev–Trinajstić information content (AvgIpc) is 2.88. The summed E-state index contributed by atoms with van der Waals surface area (Å²) in [5.74, 6) is -1.58. The number of nitriles is 1. The number of carbonyl (C=O) groups is 2. The molecule has 6 nitrogen and oxygen atoms in total. The van der Waals surface area contributed by atoms with E-state index in [1.807, 2.05) is 49.4 Å². The Hall–Kier alpha value is -3.66. The molecule has 0 aliphatic rings.